The predicted octanol–water partition coefficient (Wildman–Crippen LogP) is 13.4. The van der Waals surface area contributed by atoms with Crippen molar-refractivity contribution in [3.05, 3.63) is 216 Å². The summed E-state index contributed by atoms with van der Waals surface area (Å²) >= 11 is 0. The van der Waals surface area contributed by atoms with E-state index in [0.717, 1.165) is 11.4 Å². The topological polar surface area (TPSA) is 12.0 Å². The van der Waals surface area contributed by atoms with Gasteiger partial charge in [0.05, 0.1) is 5.41 Å². The van der Waals surface area contributed by atoms with E-state index in [1.54, 1.807) is 0 Å². The van der Waals surface area contributed by atoms with Gasteiger partial charge in [-0.3, -0.25) is 0 Å². The SMILES string of the molecule is c1ccc2c(c1)-c1ccccc1C21c2ccccc2-c2ccc(Nc3ccc(-c4cc(-c5cccc6ccccc56)c5ccccc5c4)cc3)cc21. The Balaban J connectivity index is 0.990. The van der Waals surface area contributed by atoms with E-state index >= 15 is 0 Å². The Bertz CT molecular complexity index is 2810. The third-order valence-corrected chi connectivity index (χ3v) is 11.4. The molecule has 0 saturated heterocycles. The lowest BCUT2D eigenvalue weighted by molar-refractivity contribution is 0.794. The number of anilines is 2. The minimum atomic E-state index is -0.349. The zero-order chi connectivity index (χ0) is 34.2. The number of rotatable bonds is 4. The summed E-state index contributed by atoms with van der Waals surface area (Å²) in [6, 6.07) is 71.5. The number of hydrogen-bond acceptors (Lipinski definition) is 1. The minimum Gasteiger partial charge on any atom is -0.356 e. The molecule has 1 N–H and O–H groups in total. The molecule has 2 aliphatic rings. The summed E-state index contributed by atoms with van der Waals surface area (Å²) in [6.07, 6.45) is 0. The van der Waals surface area contributed by atoms with Crippen molar-refractivity contribution in [3.8, 4) is 44.5 Å². The lowest BCUT2D eigenvalue weighted by atomic mass is 9.70. The Morgan fingerprint density at radius 3 is 1.46 bits per heavy atom. The highest BCUT2D eigenvalue weighted by Gasteiger charge is 2.51. The van der Waals surface area contributed by atoms with Crippen LogP contribution in [0.3, 0.4) is 0 Å². The van der Waals surface area contributed by atoms with E-state index in [1.165, 1.54) is 88.3 Å². The second-order valence-electron chi connectivity index (χ2n) is 14.1. The van der Waals surface area contributed by atoms with Gasteiger partial charge in [0, 0.05) is 11.4 Å². The van der Waals surface area contributed by atoms with Gasteiger partial charge in [-0.1, -0.05) is 158 Å². The average molecular weight is 660 g/mol. The van der Waals surface area contributed by atoms with Crippen molar-refractivity contribution in [2.75, 3.05) is 5.32 Å². The van der Waals surface area contributed by atoms with E-state index in [1.807, 2.05) is 0 Å². The van der Waals surface area contributed by atoms with Gasteiger partial charge >= 0.3 is 0 Å². The summed E-state index contributed by atoms with van der Waals surface area (Å²) < 4.78 is 0. The van der Waals surface area contributed by atoms with E-state index in [2.05, 4.69) is 199 Å². The van der Waals surface area contributed by atoms with Crippen LogP contribution in [0.2, 0.25) is 0 Å². The highest BCUT2D eigenvalue weighted by Crippen LogP contribution is 2.63. The van der Waals surface area contributed by atoms with Gasteiger partial charge in [0.25, 0.3) is 0 Å². The molecule has 11 rings (SSSR count). The first kappa shape index (κ1) is 29.1. The summed E-state index contributed by atoms with van der Waals surface area (Å²) in [5.41, 5.74) is 17.4. The quantitative estimate of drug-likeness (QED) is 0.198. The molecule has 0 amide bonds. The first-order valence-electron chi connectivity index (χ1n) is 18.1. The Morgan fingerprint density at radius 1 is 0.288 bits per heavy atom. The Labute approximate surface area is 303 Å². The van der Waals surface area contributed by atoms with Gasteiger partial charge < -0.3 is 5.32 Å². The Morgan fingerprint density at radius 2 is 0.788 bits per heavy atom. The van der Waals surface area contributed by atoms with E-state index in [4.69, 9.17) is 0 Å². The molecule has 0 unspecified atom stereocenters. The average Bonchev–Trinajstić information content (AvgIpc) is 3.68. The fraction of sp³-hybridized carbons (Fsp3) is 0.0196. The number of benzene rings is 9. The number of fused-ring (bicyclic) bond motifs is 12. The van der Waals surface area contributed by atoms with Gasteiger partial charge in [-0.05, 0) is 125 Å². The fourth-order valence-corrected chi connectivity index (χ4v) is 9.25. The first-order chi connectivity index (χ1) is 25.8. The van der Waals surface area contributed by atoms with Crippen molar-refractivity contribution in [3.63, 3.8) is 0 Å². The van der Waals surface area contributed by atoms with Gasteiger partial charge in [-0.2, -0.15) is 0 Å². The largest absolute Gasteiger partial charge is 0.356 e. The fourth-order valence-electron chi connectivity index (χ4n) is 9.25. The van der Waals surface area contributed by atoms with Gasteiger partial charge in [0.1, 0.15) is 0 Å². The molecule has 52 heavy (non-hydrogen) atoms. The summed E-state index contributed by atoms with van der Waals surface area (Å²) in [5, 5.41) is 8.82. The molecular weight excluding hydrogens is 627 g/mol. The van der Waals surface area contributed by atoms with Crippen molar-refractivity contribution in [1.29, 1.82) is 0 Å². The van der Waals surface area contributed by atoms with Crippen molar-refractivity contribution in [1.82, 2.24) is 0 Å². The van der Waals surface area contributed by atoms with E-state index in [9.17, 15) is 0 Å². The zero-order valence-electron chi connectivity index (χ0n) is 28.5. The molecule has 1 heteroatoms. The second kappa shape index (κ2) is 11.2. The summed E-state index contributed by atoms with van der Waals surface area (Å²) in [4.78, 5) is 0. The molecule has 0 radical (unpaired) electrons. The van der Waals surface area contributed by atoms with Gasteiger partial charge in [-0.25, -0.2) is 0 Å². The predicted molar refractivity (Wildman–Crippen MR) is 218 cm³/mol. The standard InChI is InChI=1S/C51H33N/c1-3-15-39-34(12-1)14-11-20-41(39)46-31-36(30-35-13-2-4-16-40(35)46)33-24-26-37(27-25-33)52-38-28-29-45-44-19-7-10-23-49(44)51(50(45)32-38)47-21-8-5-17-42(47)43-18-6-9-22-48(43)51/h1-32,52H. The molecule has 0 atom stereocenters. The van der Waals surface area contributed by atoms with Crippen LogP contribution in [-0.4, -0.2) is 0 Å². The van der Waals surface area contributed by atoms with Crippen LogP contribution in [-0.2, 0) is 5.41 Å². The summed E-state index contributed by atoms with van der Waals surface area (Å²) in [5.74, 6) is 0. The van der Waals surface area contributed by atoms with Crippen LogP contribution in [0.1, 0.15) is 22.3 Å². The van der Waals surface area contributed by atoms with Crippen molar-refractivity contribution < 1.29 is 0 Å². The van der Waals surface area contributed by atoms with Crippen LogP contribution < -0.4 is 5.32 Å². The Hall–Kier alpha value is -6.70. The second-order valence-corrected chi connectivity index (χ2v) is 14.1. The lowest BCUT2D eigenvalue weighted by Gasteiger charge is -2.30. The number of hydrogen-bond donors (Lipinski definition) is 1. The van der Waals surface area contributed by atoms with Crippen molar-refractivity contribution >= 4 is 32.9 Å². The van der Waals surface area contributed by atoms with Gasteiger partial charge in [-0.15, -0.1) is 0 Å². The van der Waals surface area contributed by atoms with Crippen LogP contribution in [0.5, 0.6) is 0 Å². The van der Waals surface area contributed by atoms with Crippen LogP contribution in [0.25, 0.3) is 66.1 Å². The highest BCUT2D eigenvalue weighted by molar-refractivity contribution is 6.07. The molecule has 9 aromatic rings. The van der Waals surface area contributed by atoms with E-state index in [0.29, 0.717) is 0 Å². The van der Waals surface area contributed by atoms with Crippen LogP contribution in [0.15, 0.2) is 194 Å². The summed E-state index contributed by atoms with van der Waals surface area (Å²) in [7, 11) is 0. The van der Waals surface area contributed by atoms with Crippen LogP contribution >= 0.6 is 0 Å². The molecule has 0 heterocycles. The first-order valence-corrected chi connectivity index (χ1v) is 18.1. The third-order valence-electron chi connectivity index (χ3n) is 11.4. The maximum absolute atomic E-state index is 3.78. The molecule has 1 nitrogen and oxygen atoms in total. The van der Waals surface area contributed by atoms with Crippen LogP contribution in [0, 0.1) is 0 Å². The maximum atomic E-state index is 3.78. The highest BCUT2D eigenvalue weighted by atomic mass is 14.9. The van der Waals surface area contributed by atoms with E-state index in [-0.39, 0.29) is 5.41 Å². The zero-order valence-corrected chi connectivity index (χ0v) is 28.5. The molecule has 0 aliphatic heterocycles. The normalized spacial score (nSPS) is 13.2. The maximum Gasteiger partial charge on any atom is 0.0726 e. The molecule has 9 aromatic carbocycles. The van der Waals surface area contributed by atoms with Gasteiger partial charge in [0.15, 0.2) is 0 Å². The molecule has 0 aromatic heterocycles. The molecule has 0 fully saturated rings. The molecular formula is C51H33N. The molecule has 1 spiro atoms. The molecule has 0 bridgehead atoms. The minimum absolute atomic E-state index is 0.349. The number of nitrogens with one attached hydrogen (secondary N) is 1. The molecule has 0 saturated carbocycles. The molecule has 242 valence electrons. The smallest absolute Gasteiger partial charge is 0.0726 e. The lowest BCUT2D eigenvalue weighted by Crippen LogP contribution is -2.25. The van der Waals surface area contributed by atoms with Crippen molar-refractivity contribution in [2.45, 2.75) is 5.41 Å². The van der Waals surface area contributed by atoms with E-state index < -0.39 is 0 Å². The summed E-state index contributed by atoms with van der Waals surface area (Å²) in [6.45, 7) is 0. The van der Waals surface area contributed by atoms with Crippen molar-refractivity contribution in [2.24, 2.45) is 0 Å². The molecule has 2 aliphatic carbocycles. The van der Waals surface area contributed by atoms with Crippen LogP contribution in [0.4, 0.5) is 11.4 Å². The van der Waals surface area contributed by atoms with Gasteiger partial charge in [0.2, 0.25) is 0 Å². The third kappa shape index (κ3) is 4.11. The Kier molecular flexibility index (Phi) is 6.23. The monoisotopic (exact) mass is 659 g/mol.